The van der Waals surface area contributed by atoms with E-state index in [0.29, 0.717) is 24.2 Å². The van der Waals surface area contributed by atoms with Gasteiger partial charge in [0.25, 0.3) is 0 Å². The maximum atomic E-state index is 10.2. The third-order valence-electron chi connectivity index (χ3n) is 4.61. The van der Waals surface area contributed by atoms with E-state index in [1.807, 2.05) is 24.3 Å². The number of aromatic hydroxyl groups is 2. The first kappa shape index (κ1) is 21.7. The van der Waals surface area contributed by atoms with E-state index in [4.69, 9.17) is 0 Å². The lowest BCUT2D eigenvalue weighted by atomic mass is 9.86. The van der Waals surface area contributed by atoms with E-state index in [9.17, 15) is 10.2 Å². The second-order valence-corrected chi connectivity index (χ2v) is 9.12. The molecule has 2 N–H and O–H groups in total. The zero-order valence-corrected chi connectivity index (χ0v) is 17.8. The standard InChI is InChI=1S/C24H32N2O2/c1-23(2,3)19-9-7-17(21(27)13-19)15-25-11-12-26-16-18-8-10-20(14-22(18)28)24(4,5)6/h7-10,13-16,27-28H,11-12H2,1-6H3. The van der Waals surface area contributed by atoms with Crippen LogP contribution in [0.3, 0.4) is 0 Å². The summed E-state index contributed by atoms with van der Waals surface area (Å²) < 4.78 is 0. The molecule has 150 valence electrons. The monoisotopic (exact) mass is 380 g/mol. The molecule has 0 spiro atoms. The van der Waals surface area contributed by atoms with Gasteiger partial charge in [-0.05, 0) is 46.2 Å². The predicted molar refractivity (Wildman–Crippen MR) is 119 cm³/mol. The highest BCUT2D eigenvalue weighted by atomic mass is 16.3. The lowest BCUT2D eigenvalue weighted by Crippen LogP contribution is -2.10. The van der Waals surface area contributed by atoms with E-state index in [1.54, 1.807) is 24.6 Å². The van der Waals surface area contributed by atoms with Gasteiger partial charge in [0.1, 0.15) is 11.5 Å². The number of phenols is 2. The van der Waals surface area contributed by atoms with Crippen LogP contribution in [0.4, 0.5) is 0 Å². The number of aliphatic imine (C=N–C) groups is 2. The first-order valence-electron chi connectivity index (χ1n) is 9.65. The minimum absolute atomic E-state index is 0.00148. The van der Waals surface area contributed by atoms with Gasteiger partial charge in [0, 0.05) is 23.6 Å². The van der Waals surface area contributed by atoms with Gasteiger partial charge in [-0.2, -0.15) is 0 Å². The lowest BCUT2D eigenvalue weighted by Gasteiger charge is -2.19. The summed E-state index contributed by atoms with van der Waals surface area (Å²) in [6, 6.07) is 11.4. The van der Waals surface area contributed by atoms with Crippen LogP contribution in [0, 0.1) is 0 Å². The van der Waals surface area contributed by atoms with Gasteiger partial charge in [-0.15, -0.1) is 0 Å². The second-order valence-electron chi connectivity index (χ2n) is 9.12. The molecular formula is C24H32N2O2. The molecule has 0 unspecified atom stereocenters. The average molecular weight is 381 g/mol. The van der Waals surface area contributed by atoms with Gasteiger partial charge in [0.05, 0.1) is 13.1 Å². The maximum absolute atomic E-state index is 10.2. The molecule has 2 aromatic carbocycles. The van der Waals surface area contributed by atoms with Crippen LogP contribution in [-0.2, 0) is 10.8 Å². The van der Waals surface area contributed by atoms with Gasteiger partial charge in [0.2, 0.25) is 0 Å². The van der Waals surface area contributed by atoms with Gasteiger partial charge in [-0.1, -0.05) is 53.7 Å². The van der Waals surface area contributed by atoms with E-state index in [1.165, 1.54) is 0 Å². The van der Waals surface area contributed by atoms with Crippen LogP contribution in [0.5, 0.6) is 11.5 Å². The third-order valence-corrected chi connectivity index (χ3v) is 4.61. The van der Waals surface area contributed by atoms with Gasteiger partial charge in [-0.3, -0.25) is 9.98 Å². The Kier molecular flexibility index (Phi) is 6.65. The Labute approximate surface area is 168 Å². The SMILES string of the molecule is CC(C)(C)c1ccc(C=NCCN=Cc2ccc(C(C)(C)C)cc2O)c(O)c1. The average Bonchev–Trinajstić information content (AvgIpc) is 2.58. The van der Waals surface area contributed by atoms with E-state index >= 15 is 0 Å². The molecule has 0 aliphatic carbocycles. The molecule has 2 rings (SSSR count). The highest BCUT2D eigenvalue weighted by molar-refractivity contribution is 5.84. The minimum atomic E-state index is -0.00148. The van der Waals surface area contributed by atoms with Crippen molar-refractivity contribution in [3.05, 3.63) is 58.7 Å². The number of benzene rings is 2. The lowest BCUT2D eigenvalue weighted by molar-refractivity contribution is 0.469. The Morgan fingerprint density at radius 2 is 1.04 bits per heavy atom. The largest absolute Gasteiger partial charge is 0.507 e. The van der Waals surface area contributed by atoms with Gasteiger partial charge >= 0.3 is 0 Å². The predicted octanol–water partition coefficient (Wildman–Crippen LogP) is 5.23. The van der Waals surface area contributed by atoms with Crippen molar-refractivity contribution in [3.8, 4) is 11.5 Å². The molecule has 0 aliphatic heterocycles. The molecule has 4 heteroatoms. The molecule has 0 atom stereocenters. The first-order valence-corrected chi connectivity index (χ1v) is 9.65. The fraction of sp³-hybridized carbons (Fsp3) is 0.417. The van der Waals surface area contributed by atoms with Crippen LogP contribution in [0.15, 0.2) is 46.4 Å². The molecule has 4 nitrogen and oxygen atoms in total. The van der Waals surface area contributed by atoms with Crippen molar-refractivity contribution in [1.29, 1.82) is 0 Å². The van der Waals surface area contributed by atoms with Gasteiger partial charge in [-0.25, -0.2) is 0 Å². The highest BCUT2D eigenvalue weighted by Gasteiger charge is 2.15. The molecule has 0 amide bonds. The summed E-state index contributed by atoms with van der Waals surface area (Å²) in [6.07, 6.45) is 3.35. The molecule has 2 aromatic rings. The van der Waals surface area contributed by atoms with Crippen molar-refractivity contribution in [2.24, 2.45) is 9.98 Å². The van der Waals surface area contributed by atoms with Crippen LogP contribution in [0.1, 0.15) is 63.8 Å². The van der Waals surface area contributed by atoms with E-state index in [2.05, 4.69) is 51.5 Å². The summed E-state index contributed by atoms with van der Waals surface area (Å²) in [5.41, 5.74) is 3.57. The molecule has 0 bridgehead atoms. The van der Waals surface area contributed by atoms with Crippen LogP contribution < -0.4 is 0 Å². The van der Waals surface area contributed by atoms with Crippen LogP contribution in [-0.4, -0.2) is 35.7 Å². The molecule has 0 aromatic heterocycles. The topological polar surface area (TPSA) is 65.2 Å². The molecule has 0 radical (unpaired) electrons. The van der Waals surface area contributed by atoms with E-state index in [-0.39, 0.29) is 22.3 Å². The minimum Gasteiger partial charge on any atom is -0.507 e. The quantitative estimate of drug-likeness (QED) is 0.551. The number of phenolic OH excluding ortho intramolecular Hbond substituents is 2. The first-order chi connectivity index (χ1) is 13.0. The summed E-state index contributed by atoms with van der Waals surface area (Å²) in [7, 11) is 0. The highest BCUT2D eigenvalue weighted by Crippen LogP contribution is 2.28. The fourth-order valence-corrected chi connectivity index (χ4v) is 2.68. The van der Waals surface area contributed by atoms with Gasteiger partial charge in [0.15, 0.2) is 0 Å². The molecule has 0 saturated carbocycles. The van der Waals surface area contributed by atoms with E-state index in [0.717, 1.165) is 11.1 Å². The Hall–Kier alpha value is -2.62. The van der Waals surface area contributed by atoms with Crippen LogP contribution in [0.25, 0.3) is 0 Å². The summed E-state index contributed by atoms with van der Waals surface area (Å²) in [4.78, 5) is 8.67. The number of rotatable bonds is 5. The second kappa shape index (κ2) is 8.59. The molecular weight excluding hydrogens is 348 g/mol. The fourth-order valence-electron chi connectivity index (χ4n) is 2.68. The van der Waals surface area contributed by atoms with Crippen LogP contribution >= 0.6 is 0 Å². The van der Waals surface area contributed by atoms with E-state index < -0.39 is 0 Å². The van der Waals surface area contributed by atoms with Crippen molar-refractivity contribution in [2.45, 2.75) is 52.4 Å². The van der Waals surface area contributed by atoms with Crippen molar-refractivity contribution in [2.75, 3.05) is 13.1 Å². The molecule has 0 aliphatic rings. The number of hydrogen-bond donors (Lipinski definition) is 2. The maximum Gasteiger partial charge on any atom is 0.124 e. The molecule has 0 heterocycles. The Bertz CT molecular complexity index is 796. The zero-order chi connectivity index (χ0) is 20.9. The molecule has 0 saturated heterocycles. The number of nitrogens with zero attached hydrogens (tertiary/aromatic N) is 2. The summed E-state index contributed by atoms with van der Waals surface area (Å²) in [6.45, 7) is 13.7. The summed E-state index contributed by atoms with van der Waals surface area (Å²) in [5, 5.41) is 20.3. The van der Waals surface area contributed by atoms with Crippen molar-refractivity contribution in [3.63, 3.8) is 0 Å². The smallest absolute Gasteiger partial charge is 0.124 e. The molecule has 0 fully saturated rings. The Morgan fingerprint density at radius 1 is 0.679 bits per heavy atom. The number of hydrogen-bond acceptors (Lipinski definition) is 4. The van der Waals surface area contributed by atoms with Crippen molar-refractivity contribution >= 4 is 12.4 Å². The Morgan fingerprint density at radius 3 is 1.32 bits per heavy atom. The normalized spacial score (nSPS) is 12.9. The van der Waals surface area contributed by atoms with Crippen molar-refractivity contribution < 1.29 is 10.2 Å². The van der Waals surface area contributed by atoms with Gasteiger partial charge < -0.3 is 10.2 Å². The summed E-state index contributed by atoms with van der Waals surface area (Å²) >= 11 is 0. The third kappa shape index (κ3) is 5.95. The Balaban J connectivity index is 1.92. The molecule has 28 heavy (non-hydrogen) atoms. The summed E-state index contributed by atoms with van der Waals surface area (Å²) in [5.74, 6) is 0.479. The zero-order valence-electron chi connectivity index (χ0n) is 17.8. The van der Waals surface area contributed by atoms with Crippen molar-refractivity contribution in [1.82, 2.24) is 0 Å². The van der Waals surface area contributed by atoms with Crippen LogP contribution in [0.2, 0.25) is 0 Å².